The Morgan fingerprint density at radius 2 is 0.580 bits per heavy atom. The fourth-order valence-corrected chi connectivity index (χ4v) is 15.4. The highest BCUT2D eigenvalue weighted by molar-refractivity contribution is 14.1. The summed E-state index contributed by atoms with van der Waals surface area (Å²) in [6, 6.07) is 75.2. The number of aromatic hydroxyl groups is 2. The number of ether oxygens (including phenoxy) is 8. The fraction of sp³-hybridized carbons (Fsp3) is 0.217. The zero-order chi connectivity index (χ0) is 108. The molecule has 0 saturated carbocycles. The maximum Gasteiger partial charge on any atom is 0.134 e. The molecule has 35 heteroatoms. The maximum atomic E-state index is 9.49. The van der Waals surface area contributed by atoms with Crippen molar-refractivity contribution < 1.29 is 48.1 Å². The van der Waals surface area contributed by atoms with Crippen LogP contribution in [0.1, 0.15) is 55.6 Å². The van der Waals surface area contributed by atoms with E-state index in [1.807, 2.05) is 310 Å². The normalized spacial score (nSPS) is 10.4. The third-order valence-electron chi connectivity index (χ3n) is 23.8. The van der Waals surface area contributed by atoms with Crippen LogP contribution in [0.3, 0.4) is 0 Å². The van der Waals surface area contributed by atoms with Gasteiger partial charge < -0.3 is 102 Å². The molecule has 0 radical (unpaired) electrons. The quantitative estimate of drug-likeness (QED) is 0.0131. The number of nitrogens with one attached hydrogen (secondary N) is 1. The minimum absolute atomic E-state index is 0.265. The number of alkyl halides is 3. The molecule has 0 aliphatic rings. The molecule has 31 nitrogen and oxygen atoms in total. The Morgan fingerprint density at radius 1 is 0.307 bits per heavy atom. The molecule has 0 bridgehead atoms. The van der Waals surface area contributed by atoms with Gasteiger partial charge in [0.2, 0.25) is 0 Å². The summed E-state index contributed by atoms with van der Waals surface area (Å²) in [7, 11) is 24.1. The summed E-state index contributed by atoms with van der Waals surface area (Å²) in [6.07, 6.45) is 17.7. The summed E-state index contributed by atoms with van der Waals surface area (Å²) in [5, 5.41) is 22.3. The summed E-state index contributed by atoms with van der Waals surface area (Å²) in [5.74, 6) is 11.2. The van der Waals surface area contributed by atoms with E-state index in [4.69, 9.17) is 77.7 Å². The van der Waals surface area contributed by atoms with E-state index in [1.165, 1.54) is 0 Å². The first-order chi connectivity index (χ1) is 72.3. The highest BCUT2D eigenvalue weighted by Gasteiger charge is 2.18. The Bertz CT molecular complexity index is 7730. The molecule has 0 amide bonds. The third kappa shape index (κ3) is 31.8. The molecule has 10 aromatic carbocycles. The molecule has 7 N–H and O–H groups in total. The number of phenols is 2. The van der Waals surface area contributed by atoms with Crippen molar-refractivity contribution in [3.8, 4) is 57.5 Å². The van der Waals surface area contributed by atoms with E-state index in [0.29, 0.717) is 36.5 Å². The molecule has 0 aliphatic heterocycles. The second-order valence-corrected chi connectivity index (χ2v) is 34.9. The first kappa shape index (κ1) is 114. The third-order valence-corrected chi connectivity index (χ3v) is 24.3. The number of hydrogen-bond acceptors (Lipinski definition) is 26. The molecule has 10 heterocycles. The van der Waals surface area contributed by atoms with Crippen LogP contribution in [0, 0.1) is 41.5 Å². The van der Waals surface area contributed by atoms with E-state index in [1.54, 1.807) is 128 Å². The van der Waals surface area contributed by atoms with Gasteiger partial charge in [0.05, 0.1) is 126 Å². The van der Waals surface area contributed by atoms with E-state index in [2.05, 4.69) is 142 Å². The van der Waals surface area contributed by atoms with Crippen LogP contribution in [0.15, 0.2) is 299 Å². The number of phenolic OH excluding ortho intramolecular Hbond substituents is 2. The molecular weight excluding hydrogens is 2160 g/mol. The summed E-state index contributed by atoms with van der Waals surface area (Å²) in [4.78, 5) is 53.2. The molecule has 780 valence electrons. The summed E-state index contributed by atoms with van der Waals surface area (Å²) < 4.78 is 53.1. The lowest BCUT2D eigenvalue weighted by Gasteiger charge is -2.21. The number of nitrogen functional groups attached to an aromatic ring is 2. The predicted molar refractivity (Wildman–Crippen MR) is 625 cm³/mol. The highest BCUT2D eigenvalue weighted by Crippen LogP contribution is 2.36. The fourth-order valence-electron chi connectivity index (χ4n) is 15.1. The van der Waals surface area contributed by atoms with E-state index in [9.17, 15) is 5.11 Å². The van der Waals surface area contributed by atoms with Gasteiger partial charge in [-0.3, -0.25) is 0 Å². The van der Waals surface area contributed by atoms with E-state index in [-0.39, 0.29) is 11.5 Å². The number of aromatic nitrogens is 15. The van der Waals surface area contributed by atoms with Gasteiger partial charge in [0, 0.05) is 127 Å². The molecule has 0 saturated heterocycles. The van der Waals surface area contributed by atoms with Crippen LogP contribution < -0.4 is 69.4 Å². The number of nitrogens with zero attached hydrogens (tertiary/aromatic N) is 18. The molecular formula is C115H127Cl2I2N21O10. The van der Waals surface area contributed by atoms with Crippen LogP contribution in [-0.2, 0) is 60.9 Å². The van der Waals surface area contributed by atoms with Gasteiger partial charge in [0.25, 0.3) is 0 Å². The molecule has 20 aromatic rings. The summed E-state index contributed by atoms with van der Waals surface area (Å²) >= 11 is 15.6. The van der Waals surface area contributed by atoms with Gasteiger partial charge in [0.1, 0.15) is 133 Å². The number of halogens is 4. The number of fused-ring (bicyclic) bond motifs is 5. The van der Waals surface area contributed by atoms with Crippen molar-refractivity contribution >= 4 is 181 Å². The number of imidazole rings is 5. The number of pyridine rings is 5. The Morgan fingerprint density at radius 3 is 0.920 bits per heavy atom. The highest BCUT2D eigenvalue weighted by atomic mass is 127. The second-order valence-electron chi connectivity index (χ2n) is 34.2. The predicted octanol–water partition coefficient (Wildman–Crippen LogP) is 25.6. The Hall–Kier alpha value is -15.9. The molecule has 10 aromatic heterocycles. The number of nitrogens with two attached hydrogens (primary N) is 2. The first-order valence-electron chi connectivity index (χ1n) is 47.1. The van der Waals surface area contributed by atoms with Gasteiger partial charge in [-0.25, -0.2) is 49.8 Å². The van der Waals surface area contributed by atoms with Crippen LogP contribution in [0.2, 0.25) is 5.15 Å². The lowest BCUT2D eigenvalue weighted by molar-refractivity contribution is 0.305. The zero-order valence-corrected chi connectivity index (χ0v) is 93.8. The van der Waals surface area contributed by atoms with Gasteiger partial charge in [-0.2, -0.15) is 0 Å². The van der Waals surface area contributed by atoms with Crippen molar-refractivity contribution in [2.24, 2.45) is 35.2 Å². The lowest BCUT2D eigenvalue weighted by atomic mass is 10.1. The Kier molecular flexibility index (Phi) is 43.0. The van der Waals surface area contributed by atoms with E-state index >= 15 is 0 Å². The van der Waals surface area contributed by atoms with Gasteiger partial charge in [-0.05, 0) is 265 Å². The number of benzene rings is 10. The largest absolute Gasteiger partial charge is 0.508 e. The Balaban J connectivity index is 0.000000166. The summed E-state index contributed by atoms with van der Waals surface area (Å²) in [6.45, 7) is 13.5. The van der Waals surface area contributed by atoms with Crippen molar-refractivity contribution in [1.82, 2.24) is 72.7 Å². The topological polar surface area (TPSA) is 342 Å². The average molecular weight is 2290 g/mol. The van der Waals surface area contributed by atoms with Gasteiger partial charge in [-0.15, -0.1) is 11.6 Å². The van der Waals surface area contributed by atoms with Crippen LogP contribution >= 0.6 is 68.4 Å². The maximum absolute atomic E-state index is 9.49. The smallest absolute Gasteiger partial charge is 0.134 e. The van der Waals surface area contributed by atoms with Gasteiger partial charge in [-0.1, -0.05) is 105 Å². The number of methoxy groups -OCH3 is 5. The molecule has 0 fully saturated rings. The summed E-state index contributed by atoms with van der Waals surface area (Å²) in [5.41, 5.74) is 37.2. The van der Waals surface area contributed by atoms with Gasteiger partial charge >= 0.3 is 0 Å². The Labute approximate surface area is 912 Å². The van der Waals surface area contributed by atoms with Crippen molar-refractivity contribution in [1.29, 1.82) is 0 Å². The van der Waals surface area contributed by atoms with Crippen LogP contribution in [0.4, 0.5) is 57.4 Å². The molecule has 150 heavy (non-hydrogen) atoms. The van der Waals surface area contributed by atoms with Crippen molar-refractivity contribution in [2.45, 2.75) is 67.2 Å². The molecule has 0 aliphatic carbocycles. The lowest BCUT2D eigenvalue weighted by Crippen LogP contribution is -2.12. The zero-order valence-electron chi connectivity index (χ0n) is 88.0. The number of anilines is 10. The second kappa shape index (κ2) is 56.3. The molecule has 0 unspecified atom stereocenters. The standard InChI is InChI=1S/C23H24N4O2.C22H22N4O2.C16H18N4O.C15H16N4O.C15H17NO2.C8H9ClO.C7H6ClN3.C7H9NO.2CH3I/c1-16-11-19(29-14-17-5-7-18(28-4)8-6-17)9-10-21(16)27(3)23-12-22-20(13-24-23)25-15-26(22)2;1-15-10-18(28-13-16-4-6-17(27-3)7-5-16)8-9-19(15)25-22-11-21-20(12-23-22)24-14-26(21)2;1-11-7-12(21-4)5-6-14(11)20(3)16-8-15-13(9-17-16)18-10-19(15)2;1-10-6-11(20)4-5-13(10)19(3)15-7-14-12(8-16-15)17-9-18(14)2;1-11-9-14(7-8-15(11)16)18-10-12-3-5-13(17-2)6-4-12;1-10-8-4-2-7(6-9)3-5-8;1-11-4-10-5-3-9-7(8)2-6(5)11;1-5-4-6(9)2-3-7(5)8;2*1-2/h5-13,15H,14H2,1-4H3;4-12,14H,13H2,1-3H3,(H,23,25);5-10H,1-4H3;4-9,20H,1-3H3;3-9H,10,16H2,1-2H3;2-5H,6H2,1H3;2-4H,1H3;2-4,9H,8H2,1H3;2*1H3. The van der Waals surface area contributed by atoms with E-state index < -0.39 is 0 Å². The molecule has 0 atom stereocenters. The van der Waals surface area contributed by atoms with Crippen molar-refractivity contribution in [3.05, 3.63) is 360 Å². The van der Waals surface area contributed by atoms with Crippen LogP contribution in [0.25, 0.3) is 55.2 Å². The number of aryl methyl sites for hydroxylation is 11. The number of hydrogen-bond donors (Lipinski definition) is 5. The first-order valence-corrected chi connectivity index (χ1v) is 52.4. The van der Waals surface area contributed by atoms with Crippen molar-refractivity contribution in [3.63, 3.8) is 0 Å². The van der Waals surface area contributed by atoms with E-state index in [0.717, 1.165) is 209 Å². The minimum atomic E-state index is 0.265. The minimum Gasteiger partial charge on any atom is -0.508 e. The van der Waals surface area contributed by atoms with Crippen LogP contribution in [-0.4, -0.2) is 149 Å². The SMILES string of the molecule is CI.CI.COc1ccc(CCl)cc1.COc1ccc(COc2ccc(N(C)c3cc4c(cn3)ncn4C)c(C)c2)cc1.COc1ccc(COc2ccc(N)c(C)c2)cc1.COc1ccc(COc2ccc(Nc3cc4c(cn3)ncn4C)c(C)c2)cc1.COc1ccc(N(C)c2cc3c(cn2)ncn3C)c(C)c1.Cc1cc(O)ccc1N.Cc1cc(O)ccc1N(C)c1cc2c(cn1)ncn2C.Cn1cnc2cnc(Cl)cc21. The molecule has 0 spiro atoms. The van der Waals surface area contributed by atoms with Crippen LogP contribution in [0.5, 0.6) is 57.5 Å². The molecule has 20 rings (SSSR count). The van der Waals surface area contributed by atoms with Gasteiger partial charge in [0.15, 0.2) is 0 Å². The number of rotatable bonds is 23. The van der Waals surface area contributed by atoms with Crippen molar-refractivity contribution in [2.75, 3.05) is 98.0 Å². The average Bonchev–Trinajstić information content (AvgIpc) is 1.51. The monoisotopic (exact) mass is 2290 g/mol.